The van der Waals surface area contributed by atoms with Crippen LogP contribution in [-0.4, -0.2) is 12.5 Å². The number of hydrogen-bond acceptors (Lipinski definition) is 1. The second-order valence-corrected chi connectivity index (χ2v) is 3.04. The van der Waals surface area contributed by atoms with E-state index in [2.05, 4.69) is 0 Å². The zero-order chi connectivity index (χ0) is 7.56. The van der Waals surface area contributed by atoms with Crippen molar-refractivity contribution < 1.29 is 9.41 Å². The molecule has 1 aromatic carbocycles. The average Bonchev–Trinajstić information content (AvgIpc) is 1.94. The maximum absolute atomic E-state index is 12.6. The van der Waals surface area contributed by atoms with Crippen molar-refractivity contribution >= 4 is 35.5 Å². The zero-order valence-electron chi connectivity index (χ0n) is 5.01. The van der Waals surface area contributed by atoms with E-state index in [-0.39, 0.29) is 5.46 Å². The Kier molecular flexibility index (Phi) is 2.68. The largest absolute Gasteiger partial charge is 0.450 e. The van der Waals surface area contributed by atoms with Crippen molar-refractivity contribution in [3.05, 3.63) is 27.6 Å². The Labute approximate surface area is 72.7 Å². The second-order valence-electron chi connectivity index (χ2n) is 1.79. The van der Waals surface area contributed by atoms with Gasteiger partial charge in [-0.2, -0.15) is 0 Å². The highest BCUT2D eigenvalue weighted by atomic mass is 127. The molecule has 0 atom stereocenters. The second kappa shape index (κ2) is 3.34. The van der Waals surface area contributed by atoms with Crippen molar-refractivity contribution in [2.45, 2.75) is 0 Å². The summed E-state index contributed by atoms with van der Waals surface area (Å²) in [7, 11) is 0.761. The van der Waals surface area contributed by atoms with E-state index >= 15 is 0 Å². The predicted octanol–water partition coefficient (Wildman–Crippen LogP) is 0.667. The van der Waals surface area contributed by atoms with Crippen LogP contribution in [0.1, 0.15) is 0 Å². The highest BCUT2D eigenvalue weighted by Gasteiger charge is 2.01. The van der Waals surface area contributed by atoms with Gasteiger partial charge in [-0.3, -0.25) is 0 Å². The molecule has 0 bridgehead atoms. The van der Waals surface area contributed by atoms with Crippen LogP contribution in [0.5, 0.6) is 0 Å². The molecule has 0 aromatic heterocycles. The molecule has 0 saturated carbocycles. The molecule has 0 spiro atoms. The SMILES string of the molecule is O[B]c1cc(I)ccc1F. The molecule has 0 unspecified atom stereocenters. The van der Waals surface area contributed by atoms with Crippen LogP contribution in [0.15, 0.2) is 18.2 Å². The highest BCUT2D eigenvalue weighted by molar-refractivity contribution is 14.1. The molecule has 0 fully saturated rings. The molecule has 0 heterocycles. The van der Waals surface area contributed by atoms with Gasteiger partial charge in [0, 0.05) is 3.57 Å². The van der Waals surface area contributed by atoms with E-state index in [1.54, 1.807) is 12.1 Å². The third-order valence-electron chi connectivity index (χ3n) is 1.10. The first-order valence-corrected chi connectivity index (χ1v) is 3.74. The third-order valence-corrected chi connectivity index (χ3v) is 1.77. The van der Waals surface area contributed by atoms with E-state index in [4.69, 9.17) is 5.02 Å². The molecular weight excluding hydrogens is 245 g/mol. The molecule has 0 aliphatic rings. The fourth-order valence-corrected chi connectivity index (χ4v) is 1.13. The summed E-state index contributed by atoms with van der Waals surface area (Å²) in [5, 5.41) is 8.47. The van der Waals surface area contributed by atoms with Gasteiger partial charge in [0.2, 0.25) is 0 Å². The lowest BCUT2D eigenvalue weighted by Gasteiger charge is -1.96. The van der Waals surface area contributed by atoms with Gasteiger partial charge in [0.05, 0.1) is 0 Å². The number of hydrogen-bond donors (Lipinski definition) is 1. The Bertz CT molecular complexity index is 241. The summed E-state index contributed by atoms with van der Waals surface area (Å²) >= 11 is 2.05. The summed E-state index contributed by atoms with van der Waals surface area (Å²) in [5.74, 6) is -0.400. The molecule has 1 rings (SSSR count). The van der Waals surface area contributed by atoms with Gasteiger partial charge in [0.15, 0.2) is 0 Å². The minimum absolute atomic E-state index is 0.229. The molecule has 0 saturated heterocycles. The molecule has 0 amide bonds. The summed E-state index contributed by atoms with van der Waals surface area (Å²) < 4.78 is 13.5. The molecule has 0 aliphatic carbocycles. The first kappa shape index (κ1) is 8.01. The molecule has 1 nitrogen and oxygen atoms in total. The van der Waals surface area contributed by atoms with Gasteiger partial charge in [-0.1, -0.05) is 0 Å². The molecule has 51 valence electrons. The smallest absolute Gasteiger partial charge is 0.329 e. The third kappa shape index (κ3) is 1.70. The lowest BCUT2D eigenvalue weighted by atomic mass is 9.88. The van der Waals surface area contributed by atoms with Crippen molar-refractivity contribution in [2.24, 2.45) is 0 Å². The lowest BCUT2D eigenvalue weighted by molar-refractivity contribution is 0.602. The minimum Gasteiger partial charge on any atom is -0.450 e. The Morgan fingerprint density at radius 1 is 1.50 bits per heavy atom. The Morgan fingerprint density at radius 2 is 2.20 bits per heavy atom. The lowest BCUT2D eigenvalue weighted by Crippen LogP contribution is -2.17. The Hall–Kier alpha value is -0.0951. The van der Waals surface area contributed by atoms with Crippen LogP contribution in [-0.2, 0) is 0 Å². The zero-order valence-corrected chi connectivity index (χ0v) is 7.17. The van der Waals surface area contributed by atoms with Crippen LogP contribution >= 0.6 is 22.6 Å². The van der Waals surface area contributed by atoms with Crippen LogP contribution in [0.25, 0.3) is 0 Å². The molecule has 1 radical (unpaired) electrons. The fraction of sp³-hybridized carbons (Fsp3) is 0. The van der Waals surface area contributed by atoms with Crippen LogP contribution < -0.4 is 5.46 Å². The number of rotatable bonds is 1. The van der Waals surface area contributed by atoms with Crippen LogP contribution in [0.3, 0.4) is 0 Å². The molecule has 0 aliphatic heterocycles. The van der Waals surface area contributed by atoms with Gasteiger partial charge in [0.25, 0.3) is 0 Å². The van der Waals surface area contributed by atoms with Gasteiger partial charge in [-0.05, 0) is 46.3 Å². The molecule has 10 heavy (non-hydrogen) atoms. The van der Waals surface area contributed by atoms with Crippen molar-refractivity contribution in [3.8, 4) is 0 Å². The van der Waals surface area contributed by atoms with E-state index < -0.39 is 5.82 Å². The van der Waals surface area contributed by atoms with E-state index in [0.717, 1.165) is 11.1 Å². The number of benzene rings is 1. The predicted molar refractivity (Wildman–Crippen MR) is 46.7 cm³/mol. The average molecular weight is 249 g/mol. The van der Waals surface area contributed by atoms with E-state index in [9.17, 15) is 4.39 Å². The normalized spacial score (nSPS) is 9.50. The molecular formula is C6H4BFIO. The standard InChI is InChI=1S/C6H4BFIO/c8-6-2-1-4(9)3-5(6)7-10/h1-3,10H. The monoisotopic (exact) mass is 249 g/mol. The van der Waals surface area contributed by atoms with Gasteiger partial charge in [0.1, 0.15) is 5.82 Å². The Balaban J connectivity index is 3.09. The summed E-state index contributed by atoms with van der Waals surface area (Å²) in [4.78, 5) is 0. The summed E-state index contributed by atoms with van der Waals surface area (Å²) in [5.41, 5.74) is 0.229. The van der Waals surface area contributed by atoms with Crippen LogP contribution in [0.4, 0.5) is 4.39 Å². The quantitative estimate of drug-likeness (QED) is 0.572. The van der Waals surface area contributed by atoms with Crippen molar-refractivity contribution in [1.82, 2.24) is 0 Å². The number of halogens is 2. The van der Waals surface area contributed by atoms with E-state index in [1.165, 1.54) is 6.07 Å². The first-order valence-electron chi connectivity index (χ1n) is 2.66. The topological polar surface area (TPSA) is 20.2 Å². The van der Waals surface area contributed by atoms with Crippen molar-refractivity contribution in [2.75, 3.05) is 0 Å². The maximum Gasteiger partial charge on any atom is 0.329 e. The van der Waals surface area contributed by atoms with Gasteiger partial charge in [-0.15, -0.1) is 0 Å². The molecule has 1 aromatic rings. The van der Waals surface area contributed by atoms with E-state index in [1.807, 2.05) is 22.6 Å². The molecule has 1 N–H and O–H groups in total. The van der Waals surface area contributed by atoms with Gasteiger partial charge >= 0.3 is 7.48 Å². The first-order chi connectivity index (χ1) is 4.74. The fourth-order valence-electron chi connectivity index (χ4n) is 0.614. The van der Waals surface area contributed by atoms with Crippen molar-refractivity contribution in [3.63, 3.8) is 0 Å². The van der Waals surface area contributed by atoms with E-state index in [0.29, 0.717) is 0 Å². The van der Waals surface area contributed by atoms with Gasteiger partial charge in [-0.25, -0.2) is 4.39 Å². The van der Waals surface area contributed by atoms with Crippen molar-refractivity contribution in [1.29, 1.82) is 0 Å². The summed E-state index contributed by atoms with van der Waals surface area (Å²) in [6.07, 6.45) is 0. The van der Waals surface area contributed by atoms with Gasteiger partial charge < -0.3 is 5.02 Å². The van der Waals surface area contributed by atoms with Crippen LogP contribution in [0, 0.1) is 9.39 Å². The Morgan fingerprint density at radius 3 is 2.70 bits per heavy atom. The highest BCUT2D eigenvalue weighted by Crippen LogP contribution is 2.02. The minimum atomic E-state index is -0.400. The molecule has 4 heteroatoms. The summed E-state index contributed by atoms with van der Waals surface area (Å²) in [6.45, 7) is 0. The van der Waals surface area contributed by atoms with Crippen LogP contribution in [0.2, 0.25) is 0 Å². The maximum atomic E-state index is 12.6. The summed E-state index contributed by atoms with van der Waals surface area (Å²) in [6, 6.07) is 4.53.